The predicted molar refractivity (Wildman–Crippen MR) is 53.8 cm³/mol. The van der Waals surface area contributed by atoms with Crippen molar-refractivity contribution in [2.45, 2.75) is 13.0 Å². The van der Waals surface area contributed by atoms with Crippen molar-refractivity contribution < 1.29 is 4.74 Å². The van der Waals surface area contributed by atoms with Crippen LogP contribution in [0.3, 0.4) is 0 Å². The molecule has 0 fully saturated rings. The molecule has 0 saturated carbocycles. The Kier molecular flexibility index (Phi) is 2.05. The smallest absolute Gasteiger partial charge is 0.194 e. The lowest BCUT2D eigenvalue weighted by atomic mass is 9.95. The van der Waals surface area contributed by atoms with Crippen LogP contribution in [0, 0.1) is 5.92 Å². The highest BCUT2D eigenvalue weighted by Gasteiger charge is 2.21. The van der Waals surface area contributed by atoms with Gasteiger partial charge in [0.2, 0.25) is 0 Å². The van der Waals surface area contributed by atoms with Crippen LogP contribution in [-0.4, -0.2) is 19.0 Å². The highest BCUT2D eigenvalue weighted by atomic mass is 16.5. The highest BCUT2D eigenvalue weighted by molar-refractivity contribution is 5.84. The number of dihydropyridines is 1. The minimum atomic E-state index is 0.177. The Labute approximate surface area is 78.3 Å². The van der Waals surface area contributed by atoms with Gasteiger partial charge in [0.25, 0.3) is 0 Å². The van der Waals surface area contributed by atoms with Crippen LogP contribution >= 0.6 is 0 Å². The van der Waals surface area contributed by atoms with Crippen molar-refractivity contribution in [1.29, 1.82) is 0 Å². The van der Waals surface area contributed by atoms with E-state index in [1.165, 1.54) is 5.57 Å². The molecular formula is C11H13NO. The van der Waals surface area contributed by atoms with E-state index in [1.54, 1.807) is 7.11 Å². The van der Waals surface area contributed by atoms with E-state index in [0.29, 0.717) is 0 Å². The molecule has 2 aliphatic heterocycles. The van der Waals surface area contributed by atoms with Gasteiger partial charge in [0.05, 0.1) is 19.1 Å². The summed E-state index contributed by atoms with van der Waals surface area (Å²) in [4.78, 5) is 4.49. The van der Waals surface area contributed by atoms with Gasteiger partial charge < -0.3 is 4.74 Å². The summed E-state index contributed by atoms with van der Waals surface area (Å²) in [5.41, 5.74) is 1.30. The fourth-order valence-corrected chi connectivity index (χ4v) is 1.65. The van der Waals surface area contributed by atoms with Crippen molar-refractivity contribution in [3.05, 3.63) is 36.0 Å². The maximum Gasteiger partial charge on any atom is 0.194 e. The largest absolute Gasteiger partial charge is 0.484 e. The van der Waals surface area contributed by atoms with Crippen LogP contribution in [0.15, 0.2) is 40.9 Å². The van der Waals surface area contributed by atoms with Crippen LogP contribution in [0.5, 0.6) is 0 Å². The quantitative estimate of drug-likeness (QED) is 0.517. The predicted octanol–water partition coefficient (Wildman–Crippen LogP) is 2.10. The zero-order valence-electron chi connectivity index (χ0n) is 7.90. The first kappa shape index (κ1) is 8.30. The minimum absolute atomic E-state index is 0.177. The summed E-state index contributed by atoms with van der Waals surface area (Å²) in [5, 5.41) is 0. The maximum atomic E-state index is 5.23. The van der Waals surface area contributed by atoms with Crippen LogP contribution in [-0.2, 0) is 4.74 Å². The van der Waals surface area contributed by atoms with Gasteiger partial charge in [-0.25, -0.2) is 4.99 Å². The summed E-state index contributed by atoms with van der Waals surface area (Å²) in [7, 11) is 1.68. The molecule has 0 aromatic heterocycles. The Morgan fingerprint density at radius 3 is 2.85 bits per heavy atom. The van der Waals surface area contributed by atoms with E-state index >= 15 is 0 Å². The lowest BCUT2D eigenvalue weighted by Crippen LogP contribution is -2.23. The van der Waals surface area contributed by atoms with Crippen LogP contribution in [0.4, 0.5) is 0 Å². The first-order chi connectivity index (χ1) is 6.31. The number of aliphatic imine (C=N–C) groups is 1. The van der Waals surface area contributed by atoms with Gasteiger partial charge in [-0.3, -0.25) is 0 Å². The molecule has 3 rings (SSSR count). The van der Waals surface area contributed by atoms with Gasteiger partial charge in [-0.15, -0.1) is 0 Å². The Morgan fingerprint density at radius 2 is 2.08 bits per heavy atom. The number of nitrogens with zero attached hydrogens (tertiary/aromatic N) is 1. The summed E-state index contributed by atoms with van der Waals surface area (Å²) in [6.45, 7) is 2.11. The SMILES string of the molecule is COC1=NC2/C=C\C=C/C1C=C2C. The zero-order valence-corrected chi connectivity index (χ0v) is 7.90. The second-order valence-corrected chi connectivity index (χ2v) is 3.32. The molecule has 0 aromatic rings. The molecule has 2 bridgehead atoms. The Morgan fingerprint density at radius 1 is 1.31 bits per heavy atom. The molecule has 2 heterocycles. The second kappa shape index (κ2) is 3.21. The van der Waals surface area contributed by atoms with E-state index in [0.717, 1.165) is 5.90 Å². The minimum Gasteiger partial charge on any atom is -0.484 e. The van der Waals surface area contributed by atoms with E-state index in [1.807, 2.05) is 12.2 Å². The third-order valence-electron chi connectivity index (χ3n) is 2.39. The summed E-state index contributed by atoms with van der Waals surface area (Å²) in [6.07, 6.45) is 10.5. The molecule has 2 atom stereocenters. The van der Waals surface area contributed by atoms with Crippen LogP contribution < -0.4 is 0 Å². The molecule has 0 amide bonds. The van der Waals surface area contributed by atoms with E-state index in [9.17, 15) is 0 Å². The molecule has 1 aliphatic carbocycles. The molecule has 2 heteroatoms. The molecule has 0 spiro atoms. The zero-order chi connectivity index (χ0) is 9.26. The third-order valence-corrected chi connectivity index (χ3v) is 2.39. The Bertz CT molecular complexity index is 323. The van der Waals surface area contributed by atoms with E-state index in [-0.39, 0.29) is 12.0 Å². The van der Waals surface area contributed by atoms with Crippen LogP contribution in [0.2, 0.25) is 0 Å². The van der Waals surface area contributed by atoms with Crippen molar-refractivity contribution in [2.24, 2.45) is 10.9 Å². The molecule has 13 heavy (non-hydrogen) atoms. The molecule has 0 N–H and O–H groups in total. The molecule has 2 nitrogen and oxygen atoms in total. The first-order valence-electron chi connectivity index (χ1n) is 4.46. The summed E-state index contributed by atoms with van der Waals surface area (Å²) in [5.74, 6) is 1.04. The number of hydrogen-bond donors (Lipinski definition) is 0. The van der Waals surface area contributed by atoms with Gasteiger partial charge in [-0.1, -0.05) is 30.4 Å². The first-order valence-corrected chi connectivity index (χ1v) is 4.46. The topological polar surface area (TPSA) is 21.6 Å². The third kappa shape index (κ3) is 1.44. The van der Waals surface area contributed by atoms with E-state index < -0.39 is 0 Å². The van der Waals surface area contributed by atoms with Crippen molar-refractivity contribution in [2.75, 3.05) is 7.11 Å². The van der Waals surface area contributed by atoms with Crippen LogP contribution in [0.25, 0.3) is 0 Å². The van der Waals surface area contributed by atoms with Gasteiger partial charge in [0, 0.05) is 0 Å². The standard InChI is InChI=1S/C11H13NO/c1-8-7-9-5-3-4-6-10(8)12-11(9)13-2/h3-7,9-10H,1-2H3/b5-3-,6-4-. The Hall–Kier alpha value is -1.31. The van der Waals surface area contributed by atoms with Crippen LogP contribution in [0.1, 0.15) is 6.92 Å². The Balaban J connectivity index is 2.42. The summed E-state index contributed by atoms with van der Waals surface area (Å²) >= 11 is 0. The maximum absolute atomic E-state index is 5.23. The molecule has 0 radical (unpaired) electrons. The van der Waals surface area contributed by atoms with Crippen molar-refractivity contribution in [1.82, 2.24) is 0 Å². The lowest BCUT2D eigenvalue weighted by molar-refractivity contribution is 0.379. The fourth-order valence-electron chi connectivity index (χ4n) is 1.65. The average Bonchev–Trinajstić information content (AvgIpc) is 2.08. The number of fused-ring (bicyclic) bond motifs is 1. The molecule has 0 aromatic carbocycles. The summed E-state index contributed by atoms with van der Waals surface area (Å²) < 4.78 is 5.23. The number of allylic oxidation sites excluding steroid dienone is 2. The molecule has 0 saturated heterocycles. The number of methoxy groups -OCH3 is 1. The van der Waals surface area contributed by atoms with Gasteiger partial charge in [-0.2, -0.15) is 0 Å². The van der Waals surface area contributed by atoms with Crippen molar-refractivity contribution in [3.8, 4) is 0 Å². The van der Waals surface area contributed by atoms with Gasteiger partial charge in [0.1, 0.15) is 0 Å². The molecular weight excluding hydrogens is 162 g/mol. The monoisotopic (exact) mass is 175 g/mol. The molecule has 68 valence electrons. The second-order valence-electron chi connectivity index (χ2n) is 3.32. The fraction of sp³-hybridized carbons (Fsp3) is 0.364. The average molecular weight is 175 g/mol. The lowest BCUT2D eigenvalue weighted by Gasteiger charge is -2.22. The molecule has 2 unspecified atom stereocenters. The normalized spacial score (nSPS) is 35.5. The van der Waals surface area contributed by atoms with E-state index in [2.05, 4.69) is 30.1 Å². The van der Waals surface area contributed by atoms with Gasteiger partial charge in [0.15, 0.2) is 5.90 Å². The van der Waals surface area contributed by atoms with Crippen molar-refractivity contribution in [3.63, 3.8) is 0 Å². The van der Waals surface area contributed by atoms with Gasteiger partial charge in [-0.05, 0) is 12.5 Å². The number of rotatable bonds is 0. The van der Waals surface area contributed by atoms with Crippen molar-refractivity contribution >= 4 is 5.90 Å². The number of hydrogen-bond acceptors (Lipinski definition) is 2. The molecule has 3 aliphatic rings. The summed E-state index contributed by atoms with van der Waals surface area (Å²) in [6, 6.07) is 0.177. The van der Waals surface area contributed by atoms with E-state index in [4.69, 9.17) is 4.74 Å². The number of ether oxygens (including phenoxy) is 1. The highest BCUT2D eigenvalue weighted by Crippen LogP contribution is 2.23. The van der Waals surface area contributed by atoms with Gasteiger partial charge >= 0.3 is 0 Å².